The maximum absolute atomic E-state index is 13.1. The van der Waals surface area contributed by atoms with Crippen molar-refractivity contribution in [2.45, 2.75) is 31.2 Å². The lowest BCUT2D eigenvalue weighted by atomic mass is 9.86. The van der Waals surface area contributed by atoms with Gasteiger partial charge in [0.2, 0.25) is 5.91 Å². The Morgan fingerprint density at radius 3 is 1.96 bits per heavy atom. The fraction of sp³-hybridized carbons (Fsp3) is 0.286. The van der Waals surface area contributed by atoms with Crippen molar-refractivity contribution in [1.82, 2.24) is 4.90 Å². The highest BCUT2D eigenvalue weighted by atomic mass is 16.2. The van der Waals surface area contributed by atoms with Gasteiger partial charge in [-0.2, -0.15) is 0 Å². The molecule has 0 bridgehead atoms. The van der Waals surface area contributed by atoms with Gasteiger partial charge in [-0.15, -0.1) is 0 Å². The highest BCUT2D eigenvalue weighted by Crippen LogP contribution is 2.32. The van der Waals surface area contributed by atoms with Crippen LogP contribution in [0.2, 0.25) is 0 Å². The molecule has 134 valence electrons. The average molecular weight is 350 g/mol. The van der Waals surface area contributed by atoms with Gasteiger partial charge in [-0.1, -0.05) is 60.7 Å². The zero-order valence-electron chi connectivity index (χ0n) is 14.6. The molecule has 2 amide bonds. The minimum Gasteiger partial charge on any atom is -0.367 e. The molecule has 0 aliphatic carbocycles. The molecule has 1 atom stereocenters. The zero-order valence-corrected chi connectivity index (χ0v) is 14.6. The number of amides is 2. The van der Waals surface area contributed by atoms with E-state index in [0.717, 1.165) is 11.1 Å². The summed E-state index contributed by atoms with van der Waals surface area (Å²) in [5.74, 6) is -1.29. The molecule has 5 nitrogen and oxygen atoms in total. The van der Waals surface area contributed by atoms with Crippen molar-refractivity contribution < 1.29 is 14.4 Å². The van der Waals surface area contributed by atoms with Gasteiger partial charge in [0.25, 0.3) is 5.91 Å². The highest BCUT2D eigenvalue weighted by molar-refractivity contribution is 6.13. The van der Waals surface area contributed by atoms with E-state index in [9.17, 15) is 14.4 Å². The highest BCUT2D eigenvalue weighted by Gasteiger charge is 2.53. The number of carbonyl (C=O) groups excluding carboxylic acids is 3. The molecule has 0 saturated carbocycles. The van der Waals surface area contributed by atoms with Crippen molar-refractivity contribution in [2.75, 3.05) is 6.54 Å². The van der Waals surface area contributed by atoms with Gasteiger partial charge in [-0.05, 0) is 24.0 Å². The minimum absolute atomic E-state index is 0.0822. The molecule has 0 radical (unpaired) electrons. The van der Waals surface area contributed by atoms with Gasteiger partial charge in [-0.25, -0.2) is 0 Å². The third-order valence-electron chi connectivity index (χ3n) is 4.96. The van der Waals surface area contributed by atoms with Crippen molar-refractivity contribution in [1.29, 1.82) is 0 Å². The van der Waals surface area contributed by atoms with Crippen molar-refractivity contribution in [3.05, 3.63) is 71.8 Å². The molecular weight excluding hydrogens is 328 g/mol. The van der Waals surface area contributed by atoms with Crippen molar-refractivity contribution >= 4 is 17.6 Å². The van der Waals surface area contributed by atoms with E-state index in [0.29, 0.717) is 13.0 Å². The molecular formula is C21H22N2O3. The third-order valence-corrected chi connectivity index (χ3v) is 4.96. The van der Waals surface area contributed by atoms with E-state index < -0.39 is 11.4 Å². The van der Waals surface area contributed by atoms with Gasteiger partial charge in [0.15, 0.2) is 11.3 Å². The van der Waals surface area contributed by atoms with Crippen LogP contribution in [0.5, 0.6) is 0 Å². The molecule has 1 aliphatic heterocycles. The summed E-state index contributed by atoms with van der Waals surface area (Å²) in [5, 5.41) is 0. The van der Waals surface area contributed by atoms with Crippen molar-refractivity contribution in [3.8, 4) is 0 Å². The number of ketones is 1. The second-order valence-electron chi connectivity index (χ2n) is 6.62. The third kappa shape index (κ3) is 3.38. The van der Waals surface area contributed by atoms with Crippen LogP contribution >= 0.6 is 0 Å². The number of Topliss-reactive ketones (excluding diaryl/α,β-unsaturated/α-hetero) is 1. The molecule has 1 unspecified atom stereocenters. The number of primary amides is 1. The van der Waals surface area contributed by atoms with Crippen LogP contribution in [-0.2, 0) is 27.2 Å². The monoisotopic (exact) mass is 350 g/mol. The molecule has 2 N–H and O–H groups in total. The lowest BCUT2D eigenvalue weighted by Gasteiger charge is -2.34. The predicted octanol–water partition coefficient (Wildman–Crippen LogP) is 1.89. The maximum atomic E-state index is 13.1. The fourth-order valence-corrected chi connectivity index (χ4v) is 3.63. The molecule has 3 rings (SSSR count). The Balaban J connectivity index is 1.85. The summed E-state index contributed by atoms with van der Waals surface area (Å²) in [6.07, 6.45) is 1.10. The van der Waals surface area contributed by atoms with Gasteiger partial charge < -0.3 is 10.6 Å². The SMILES string of the molecule is NC(=O)C1(C(=O)Cc2ccccc2)CCCN1C(=O)Cc1ccccc1. The number of benzene rings is 2. The van der Waals surface area contributed by atoms with Crippen LogP contribution in [0.15, 0.2) is 60.7 Å². The number of nitrogens with two attached hydrogens (primary N) is 1. The summed E-state index contributed by atoms with van der Waals surface area (Å²) in [6, 6.07) is 18.5. The lowest BCUT2D eigenvalue weighted by Crippen LogP contribution is -2.61. The second kappa shape index (κ2) is 7.52. The van der Waals surface area contributed by atoms with E-state index in [1.54, 1.807) is 0 Å². The van der Waals surface area contributed by atoms with Gasteiger partial charge in [-0.3, -0.25) is 14.4 Å². The van der Waals surface area contributed by atoms with E-state index in [4.69, 9.17) is 5.73 Å². The van der Waals surface area contributed by atoms with Crippen LogP contribution < -0.4 is 5.73 Å². The Kier molecular flexibility index (Phi) is 5.16. The Morgan fingerprint density at radius 2 is 1.42 bits per heavy atom. The predicted molar refractivity (Wildman–Crippen MR) is 98.2 cm³/mol. The van der Waals surface area contributed by atoms with Crippen LogP contribution in [0.3, 0.4) is 0 Å². The molecule has 5 heteroatoms. The van der Waals surface area contributed by atoms with Gasteiger partial charge in [0.05, 0.1) is 6.42 Å². The van der Waals surface area contributed by atoms with E-state index in [-0.39, 0.29) is 31.0 Å². The Labute approximate surface area is 152 Å². The smallest absolute Gasteiger partial charge is 0.251 e. The molecule has 1 saturated heterocycles. The standard InChI is InChI=1S/C21H22N2O3/c22-20(26)21(18(24)14-16-8-3-1-4-9-16)12-7-13-23(21)19(25)15-17-10-5-2-6-11-17/h1-6,8-11H,7,12-15H2,(H2,22,26). The van der Waals surface area contributed by atoms with Crippen molar-refractivity contribution in [2.24, 2.45) is 5.73 Å². The molecule has 1 heterocycles. The number of carbonyl (C=O) groups is 3. The number of likely N-dealkylation sites (tertiary alicyclic amines) is 1. The number of hydrogen-bond donors (Lipinski definition) is 1. The largest absolute Gasteiger partial charge is 0.367 e. The van der Waals surface area contributed by atoms with Crippen LogP contribution in [0.1, 0.15) is 24.0 Å². The molecule has 2 aromatic rings. The number of rotatable bonds is 6. The summed E-state index contributed by atoms with van der Waals surface area (Å²) in [4.78, 5) is 39.6. The maximum Gasteiger partial charge on any atom is 0.251 e. The van der Waals surface area contributed by atoms with Crippen LogP contribution in [0.4, 0.5) is 0 Å². The normalized spacial score (nSPS) is 19.3. The van der Waals surface area contributed by atoms with E-state index in [2.05, 4.69) is 0 Å². The average Bonchev–Trinajstić information content (AvgIpc) is 3.10. The van der Waals surface area contributed by atoms with Crippen LogP contribution in [0.25, 0.3) is 0 Å². The molecule has 1 fully saturated rings. The molecule has 2 aromatic carbocycles. The second-order valence-corrected chi connectivity index (χ2v) is 6.62. The zero-order chi connectivity index (χ0) is 18.6. The summed E-state index contributed by atoms with van der Waals surface area (Å²) in [7, 11) is 0. The first-order valence-electron chi connectivity index (χ1n) is 8.75. The quantitative estimate of drug-likeness (QED) is 0.808. The number of nitrogens with zero attached hydrogens (tertiary/aromatic N) is 1. The van der Waals surface area contributed by atoms with Gasteiger partial charge in [0.1, 0.15) is 0 Å². The number of hydrogen-bond acceptors (Lipinski definition) is 3. The van der Waals surface area contributed by atoms with E-state index in [1.807, 2.05) is 60.7 Å². The summed E-state index contributed by atoms with van der Waals surface area (Å²) < 4.78 is 0. The van der Waals surface area contributed by atoms with E-state index in [1.165, 1.54) is 4.90 Å². The first-order valence-corrected chi connectivity index (χ1v) is 8.75. The van der Waals surface area contributed by atoms with Crippen molar-refractivity contribution in [3.63, 3.8) is 0 Å². The lowest BCUT2D eigenvalue weighted by molar-refractivity contribution is -0.150. The summed E-state index contributed by atoms with van der Waals surface area (Å²) in [5.41, 5.74) is 5.77. The Bertz CT molecular complexity index is 805. The summed E-state index contributed by atoms with van der Waals surface area (Å²) in [6.45, 7) is 0.370. The first kappa shape index (κ1) is 17.9. The van der Waals surface area contributed by atoms with Crippen LogP contribution in [-0.4, -0.2) is 34.6 Å². The van der Waals surface area contributed by atoms with Gasteiger partial charge in [0, 0.05) is 13.0 Å². The first-order chi connectivity index (χ1) is 12.5. The van der Waals surface area contributed by atoms with Crippen LogP contribution in [0, 0.1) is 0 Å². The molecule has 0 aromatic heterocycles. The topological polar surface area (TPSA) is 80.5 Å². The molecule has 26 heavy (non-hydrogen) atoms. The van der Waals surface area contributed by atoms with E-state index >= 15 is 0 Å². The summed E-state index contributed by atoms with van der Waals surface area (Å²) >= 11 is 0. The fourth-order valence-electron chi connectivity index (χ4n) is 3.63. The minimum atomic E-state index is -1.54. The van der Waals surface area contributed by atoms with Gasteiger partial charge >= 0.3 is 0 Å². The Morgan fingerprint density at radius 1 is 0.885 bits per heavy atom. The Hall–Kier alpha value is -2.95. The molecule has 0 spiro atoms. The molecule has 1 aliphatic rings.